The molecule has 1 heterocycles. The highest BCUT2D eigenvalue weighted by Gasteiger charge is 2.15. The number of para-hydroxylation sites is 1. The van der Waals surface area contributed by atoms with Gasteiger partial charge in [-0.25, -0.2) is 4.39 Å². The fraction of sp³-hybridized carbons (Fsp3) is 0.364. The Morgan fingerprint density at radius 2 is 1.87 bits per heavy atom. The molecular weight excluding hydrogens is 419 g/mol. The van der Waals surface area contributed by atoms with E-state index in [4.69, 9.17) is 4.74 Å². The van der Waals surface area contributed by atoms with Gasteiger partial charge in [-0.3, -0.25) is 10.1 Å². The smallest absolute Gasteiger partial charge is 0.269 e. The van der Waals surface area contributed by atoms with Crippen LogP contribution in [-0.4, -0.2) is 19.7 Å². The van der Waals surface area contributed by atoms with Crippen molar-refractivity contribution in [3.63, 3.8) is 0 Å². The van der Waals surface area contributed by atoms with Crippen LogP contribution in [0.4, 0.5) is 10.1 Å². The molecule has 164 valence electrons. The SMILES string of the molecule is CCCCCCn1c(COc2ccccc2F)nnc1SCc1ccc([N+](=O)[O-])cc1. The number of hydrogen-bond donors (Lipinski definition) is 0. The lowest BCUT2D eigenvalue weighted by Crippen LogP contribution is -2.09. The van der Waals surface area contributed by atoms with Gasteiger partial charge in [0.2, 0.25) is 0 Å². The summed E-state index contributed by atoms with van der Waals surface area (Å²) in [7, 11) is 0. The molecule has 31 heavy (non-hydrogen) atoms. The summed E-state index contributed by atoms with van der Waals surface area (Å²) >= 11 is 1.51. The van der Waals surface area contributed by atoms with E-state index in [2.05, 4.69) is 17.1 Å². The first-order valence-corrected chi connectivity index (χ1v) is 11.2. The molecule has 0 radical (unpaired) electrons. The summed E-state index contributed by atoms with van der Waals surface area (Å²) < 4.78 is 21.5. The number of benzene rings is 2. The third-order valence-corrected chi connectivity index (χ3v) is 5.78. The van der Waals surface area contributed by atoms with Crippen LogP contribution in [0.2, 0.25) is 0 Å². The summed E-state index contributed by atoms with van der Waals surface area (Å²) in [5.41, 5.74) is 1.03. The van der Waals surface area contributed by atoms with Gasteiger partial charge in [0.1, 0.15) is 6.61 Å². The molecule has 0 unspecified atom stereocenters. The largest absolute Gasteiger partial charge is 0.483 e. The molecule has 0 saturated carbocycles. The predicted molar refractivity (Wildman–Crippen MR) is 118 cm³/mol. The summed E-state index contributed by atoms with van der Waals surface area (Å²) in [5.74, 6) is 1.03. The molecule has 0 bridgehead atoms. The first-order valence-electron chi connectivity index (χ1n) is 10.2. The lowest BCUT2D eigenvalue weighted by molar-refractivity contribution is -0.384. The van der Waals surface area contributed by atoms with Crippen LogP contribution in [0.25, 0.3) is 0 Å². The fourth-order valence-electron chi connectivity index (χ4n) is 3.02. The molecule has 0 amide bonds. The van der Waals surface area contributed by atoms with Crippen molar-refractivity contribution in [3.05, 3.63) is 75.9 Å². The van der Waals surface area contributed by atoms with E-state index in [1.807, 2.05) is 4.57 Å². The highest BCUT2D eigenvalue weighted by Crippen LogP contribution is 2.25. The zero-order valence-electron chi connectivity index (χ0n) is 17.4. The maximum absolute atomic E-state index is 13.9. The number of nitro groups is 1. The molecule has 3 rings (SSSR count). The minimum absolute atomic E-state index is 0.0698. The van der Waals surface area contributed by atoms with Gasteiger partial charge < -0.3 is 9.30 Å². The van der Waals surface area contributed by atoms with Crippen molar-refractivity contribution in [1.82, 2.24) is 14.8 Å². The van der Waals surface area contributed by atoms with Crippen molar-refractivity contribution in [1.29, 1.82) is 0 Å². The molecule has 0 saturated heterocycles. The van der Waals surface area contributed by atoms with Gasteiger partial charge in [-0.2, -0.15) is 0 Å². The van der Waals surface area contributed by atoms with Crippen LogP contribution in [0.15, 0.2) is 53.7 Å². The Bertz CT molecular complexity index is 995. The predicted octanol–water partition coefficient (Wildman–Crippen LogP) is 5.78. The van der Waals surface area contributed by atoms with Crippen molar-refractivity contribution in [3.8, 4) is 5.75 Å². The molecule has 0 fully saturated rings. The normalized spacial score (nSPS) is 10.9. The Hall–Kier alpha value is -2.94. The van der Waals surface area contributed by atoms with E-state index in [9.17, 15) is 14.5 Å². The summed E-state index contributed by atoms with van der Waals surface area (Å²) in [5, 5.41) is 20.1. The van der Waals surface area contributed by atoms with Crippen molar-refractivity contribution < 1.29 is 14.1 Å². The van der Waals surface area contributed by atoms with Crippen LogP contribution in [0, 0.1) is 15.9 Å². The summed E-state index contributed by atoms with van der Waals surface area (Å²) in [4.78, 5) is 10.4. The zero-order chi connectivity index (χ0) is 22.1. The summed E-state index contributed by atoms with van der Waals surface area (Å²) in [6.45, 7) is 3.04. The topological polar surface area (TPSA) is 83.1 Å². The Kier molecular flexibility index (Phi) is 8.40. The first kappa shape index (κ1) is 22.7. The second kappa shape index (κ2) is 11.5. The molecule has 1 aromatic heterocycles. The third-order valence-electron chi connectivity index (χ3n) is 4.74. The van der Waals surface area contributed by atoms with Gasteiger partial charge in [0.05, 0.1) is 4.92 Å². The summed E-state index contributed by atoms with van der Waals surface area (Å²) in [6, 6.07) is 12.8. The number of thioether (sulfide) groups is 1. The number of hydrogen-bond acceptors (Lipinski definition) is 6. The molecule has 9 heteroatoms. The molecular formula is C22H25FN4O3S. The van der Waals surface area contributed by atoms with Crippen LogP contribution >= 0.6 is 11.8 Å². The van der Waals surface area contributed by atoms with E-state index in [1.165, 1.54) is 30.0 Å². The Labute approximate surface area is 184 Å². The van der Waals surface area contributed by atoms with Gasteiger partial charge in [0.25, 0.3) is 5.69 Å². The van der Waals surface area contributed by atoms with E-state index in [0.29, 0.717) is 11.6 Å². The van der Waals surface area contributed by atoms with Crippen LogP contribution in [0.1, 0.15) is 44.0 Å². The number of halogens is 1. The number of aromatic nitrogens is 3. The Balaban J connectivity index is 1.69. The highest BCUT2D eigenvalue weighted by molar-refractivity contribution is 7.98. The molecule has 0 aliphatic carbocycles. The average Bonchev–Trinajstić information content (AvgIpc) is 3.16. The highest BCUT2D eigenvalue weighted by atomic mass is 32.2. The quantitative estimate of drug-likeness (QED) is 0.152. The van der Waals surface area contributed by atoms with E-state index in [0.717, 1.165) is 42.9 Å². The number of rotatable bonds is 12. The molecule has 0 N–H and O–H groups in total. The van der Waals surface area contributed by atoms with Gasteiger partial charge >= 0.3 is 0 Å². The van der Waals surface area contributed by atoms with E-state index < -0.39 is 10.7 Å². The summed E-state index contributed by atoms with van der Waals surface area (Å²) in [6.07, 6.45) is 4.40. The second-order valence-electron chi connectivity index (χ2n) is 7.04. The van der Waals surface area contributed by atoms with Gasteiger partial charge in [0, 0.05) is 24.4 Å². The van der Waals surface area contributed by atoms with Crippen LogP contribution in [0.3, 0.4) is 0 Å². The second-order valence-corrected chi connectivity index (χ2v) is 7.98. The molecule has 0 aliphatic heterocycles. The molecule has 0 atom stereocenters. The van der Waals surface area contributed by atoms with Gasteiger partial charge in [0.15, 0.2) is 22.5 Å². The first-order chi connectivity index (χ1) is 15.1. The molecule has 0 spiro atoms. The van der Waals surface area contributed by atoms with Gasteiger partial charge in [-0.15, -0.1) is 10.2 Å². The van der Waals surface area contributed by atoms with Gasteiger partial charge in [-0.1, -0.05) is 62.2 Å². The van der Waals surface area contributed by atoms with E-state index >= 15 is 0 Å². The van der Waals surface area contributed by atoms with Crippen molar-refractivity contribution in [2.24, 2.45) is 0 Å². The number of non-ortho nitro benzene ring substituents is 1. The van der Waals surface area contributed by atoms with E-state index in [1.54, 1.807) is 30.3 Å². The lowest BCUT2D eigenvalue weighted by atomic mass is 10.2. The lowest BCUT2D eigenvalue weighted by Gasteiger charge is -2.11. The molecule has 7 nitrogen and oxygen atoms in total. The average molecular weight is 445 g/mol. The van der Waals surface area contributed by atoms with Crippen LogP contribution < -0.4 is 4.74 Å². The monoisotopic (exact) mass is 444 g/mol. The minimum atomic E-state index is -0.413. The number of nitrogens with zero attached hydrogens (tertiary/aromatic N) is 4. The number of nitro benzene ring substituents is 1. The zero-order valence-corrected chi connectivity index (χ0v) is 18.2. The molecule has 0 aliphatic rings. The van der Waals surface area contributed by atoms with Crippen molar-refractivity contribution >= 4 is 17.4 Å². The number of ether oxygens (including phenoxy) is 1. The minimum Gasteiger partial charge on any atom is -0.483 e. The standard InChI is InChI=1S/C22H25FN4O3S/c1-2-3-4-7-14-26-21(15-30-20-9-6-5-8-19(20)23)24-25-22(26)31-16-17-10-12-18(13-11-17)27(28)29/h5-6,8-13H,2-4,7,14-16H2,1H3. The van der Waals surface area contributed by atoms with Crippen molar-refractivity contribution in [2.45, 2.75) is 56.7 Å². The Morgan fingerprint density at radius 3 is 2.58 bits per heavy atom. The van der Waals surface area contributed by atoms with E-state index in [-0.39, 0.29) is 18.0 Å². The Morgan fingerprint density at radius 1 is 1.10 bits per heavy atom. The third kappa shape index (κ3) is 6.52. The maximum atomic E-state index is 13.9. The number of unbranched alkanes of at least 4 members (excludes halogenated alkanes) is 3. The van der Waals surface area contributed by atoms with Crippen LogP contribution in [-0.2, 0) is 18.9 Å². The fourth-order valence-corrected chi connectivity index (χ4v) is 3.96. The van der Waals surface area contributed by atoms with Crippen molar-refractivity contribution in [2.75, 3.05) is 0 Å². The van der Waals surface area contributed by atoms with Crippen LogP contribution in [0.5, 0.6) is 5.75 Å². The molecule has 2 aromatic carbocycles. The van der Waals surface area contributed by atoms with Gasteiger partial charge in [-0.05, 0) is 24.1 Å². The maximum Gasteiger partial charge on any atom is 0.269 e. The molecule has 3 aromatic rings.